The van der Waals surface area contributed by atoms with Gasteiger partial charge < -0.3 is 34.2 Å². The molecule has 0 saturated carbocycles. The van der Waals surface area contributed by atoms with Crippen LogP contribution in [0.5, 0.6) is 0 Å². The van der Waals surface area contributed by atoms with E-state index in [1.807, 2.05) is 0 Å². The maximum atomic E-state index is 13.0. The number of fused-ring (bicyclic) bond motifs is 8. The zero-order chi connectivity index (χ0) is 39.8. The molecular formula is C41H35ClN6O8S2. The maximum absolute atomic E-state index is 13.0. The monoisotopic (exact) mass is 838 g/mol. The number of nitrogens with zero attached hydrogens (tertiary/aromatic N) is 3. The number of aromatic nitrogens is 4. The van der Waals surface area contributed by atoms with Gasteiger partial charge in [0.25, 0.3) is 5.24 Å². The lowest BCUT2D eigenvalue weighted by Gasteiger charge is -2.25. The van der Waals surface area contributed by atoms with Crippen LogP contribution in [-0.2, 0) is 9.47 Å². The van der Waals surface area contributed by atoms with E-state index in [9.17, 15) is 28.8 Å². The molecule has 4 aromatic carbocycles. The average Bonchev–Trinajstić information content (AvgIpc) is 3.84. The van der Waals surface area contributed by atoms with Crippen molar-refractivity contribution in [3.63, 3.8) is 0 Å². The van der Waals surface area contributed by atoms with Gasteiger partial charge in [-0.15, -0.1) is 0 Å². The summed E-state index contributed by atoms with van der Waals surface area (Å²) in [5.74, 6) is -0.685. The van der Waals surface area contributed by atoms with Gasteiger partial charge in [0.2, 0.25) is 0 Å². The fraction of sp³-hybridized carbons (Fsp3) is 0.220. The summed E-state index contributed by atoms with van der Waals surface area (Å²) in [4.78, 5) is 90.7. The standard InChI is InChI=1S/C20H15N3O4S.C15H8N2O2S.C5H8ClNO2.CH4/c24-17-11-3-1-2-4-12(11)18(25)15-13(17)5-6-14-16(15)22-19(21-14)28-20(26)23-7-9-27-10-8-23;18-13-7-3-1-2-4-8(7)14(19)11-9(13)5-6-10-12(11)17-15(20)16-10;6-5(8)7-1-3-9-4-2-7;/h1-6H,7-10H2,(H,21,22);1-6H,(H2,16,17,20);1-4H2;1H4. The van der Waals surface area contributed by atoms with Crippen LogP contribution in [0.1, 0.15) is 71.1 Å². The van der Waals surface area contributed by atoms with Crippen LogP contribution in [0, 0.1) is 4.77 Å². The Morgan fingerprint density at radius 1 is 0.621 bits per heavy atom. The first-order valence-electron chi connectivity index (χ1n) is 17.8. The molecule has 6 aromatic rings. The van der Waals surface area contributed by atoms with Gasteiger partial charge in [-0.3, -0.25) is 28.8 Å². The van der Waals surface area contributed by atoms with E-state index in [1.165, 1.54) is 0 Å². The summed E-state index contributed by atoms with van der Waals surface area (Å²) in [6, 6.07) is 20.5. The van der Waals surface area contributed by atoms with Gasteiger partial charge in [0.05, 0.1) is 54.1 Å². The number of hydrogen-bond donors (Lipinski definition) is 3. The van der Waals surface area contributed by atoms with E-state index >= 15 is 0 Å². The fourth-order valence-electron chi connectivity index (χ4n) is 7.00. The first kappa shape index (κ1) is 40.4. The summed E-state index contributed by atoms with van der Waals surface area (Å²) >= 11 is 11.2. The lowest BCUT2D eigenvalue weighted by Crippen LogP contribution is -2.38. The Labute approximate surface area is 345 Å². The summed E-state index contributed by atoms with van der Waals surface area (Å²) < 4.78 is 10.7. The van der Waals surface area contributed by atoms with Crippen LogP contribution >= 0.6 is 35.6 Å². The molecule has 3 N–H and O–H groups in total. The second-order valence-corrected chi connectivity index (χ2v) is 14.8. The molecule has 14 nitrogen and oxygen atoms in total. The van der Waals surface area contributed by atoms with Gasteiger partial charge >= 0.3 is 5.37 Å². The van der Waals surface area contributed by atoms with Gasteiger partial charge in [0, 0.05) is 71.3 Å². The third-order valence-corrected chi connectivity index (χ3v) is 11.1. The van der Waals surface area contributed by atoms with Crippen molar-refractivity contribution in [2.24, 2.45) is 0 Å². The summed E-state index contributed by atoms with van der Waals surface area (Å²) in [6.07, 6.45) is 0. The molecule has 10 rings (SSSR count). The molecule has 2 aliphatic heterocycles. The minimum atomic E-state index is -0.377. The largest absolute Gasteiger partial charge is 0.378 e. The van der Waals surface area contributed by atoms with Crippen molar-refractivity contribution < 1.29 is 38.2 Å². The highest BCUT2D eigenvalue weighted by molar-refractivity contribution is 8.13. The van der Waals surface area contributed by atoms with Crippen molar-refractivity contribution >= 4 is 91.4 Å². The second kappa shape index (κ2) is 17.0. The van der Waals surface area contributed by atoms with Crippen molar-refractivity contribution in [1.29, 1.82) is 0 Å². The van der Waals surface area contributed by atoms with Crippen LogP contribution in [0.15, 0.2) is 78.0 Å². The maximum Gasteiger partial charge on any atom is 0.316 e. The van der Waals surface area contributed by atoms with E-state index in [-0.39, 0.29) is 41.2 Å². The molecule has 2 aromatic heterocycles. The molecule has 0 bridgehead atoms. The van der Waals surface area contributed by atoms with E-state index in [0.717, 1.165) is 17.3 Å². The van der Waals surface area contributed by atoms with Crippen molar-refractivity contribution in [1.82, 2.24) is 29.7 Å². The Hall–Kier alpha value is -5.78. The minimum absolute atomic E-state index is 0. The number of aromatic amines is 3. The van der Waals surface area contributed by atoms with Gasteiger partial charge in [-0.2, -0.15) is 0 Å². The number of amides is 2. The molecule has 0 atom stereocenters. The van der Waals surface area contributed by atoms with Gasteiger partial charge in [-0.25, -0.2) is 4.98 Å². The normalized spacial score (nSPS) is 15.5. The zero-order valence-electron chi connectivity index (χ0n) is 29.9. The Bertz CT molecular complexity index is 2710. The highest BCUT2D eigenvalue weighted by atomic mass is 35.5. The number of benzene rings is 4. The number of rotatable bonds is 1. The van der Waals surface area contributed by atoms with E-state index in [0.29, 0.717) is 124 Å². The Morgan fingerprint density at radius 2 is 1.10 bits per heavy atom. The molecule has 58 heavy (non-hydrogen) atoms. The number of morpholine rings is 2. The molecule has 2 aliphatic carbocycles. The number of nitrogens with one attached hydrogen (secondary N) is 3. The number of halogens is 1. The number of carbonyl (C=O) groups is 6. The van der Waals surface area contributed by atoms with E-state index in [4.69, 9.17) is 33.3 Å². The quantitative estimate of drug-likeness (QED) is 0.0657. The van der Waals surface area contributed by atoms with Crippen molar-refractivity contribution in [2.75, 3.05) is 52.6 Å². The van der Waals surface area contributed by atoms with E-state index in [2.05, 4.69) is 19.9 Å². The zero-order valence-corrected chi connectivity index (χ0v) is 32.3. The van der Waals surface area contributed by atoms with Crippen LogP contribution < -0.4 is 0 Å². The summed E-state index contributed by atoms with van der Waals surface area (Å²) in [6.45, 7) is 4.62. The number of ether oxygens (including phenoxy) is 2. The lowest BCUT2D eigenvalue weighted by molar-refractivity contribution is 0.0589. The molecule has 0 radical (unpaired) electrons. The Balaban J connectivity index is 0.000000148. The number of imidazole rings is 2. The Morgan fingerprint density at radius 3 is 1.64 bits per heavy atom. The molecule has 0 unspecified atom stereocenters. The number of ketones is 4. The topological polar surface area (TPSA) is 188 Å². The van der Waals surface area contributed by atoms with Crippen LogP contribution in [0.2, 0.25) is 0 Å². The van der Waals surface area contributed by atoms with Crippen LogP contribution in [0.3, 0.4) is 0 Å². The SMILES string of the molecule is C.O=C(Cl)N1CCOCC1.O=C1c2ccccc2C(=O)c2c1ccc1[nH]c(=S)[nH]c21.O=C1c2ccccc2C(=O)c2c1ccc1[nH]c(SC(=O)N3CCOCC3)nc21. The number of carbonyl (C=O) groups excluding carboxylic acids is 6. The van der Waals surface area contributed by atoms with Crippen molar-refractivity contribution in [3.05, 3.63) is 122 Å². The molecule has 2 saturated heterocycles. The first-order chi connectivity index (χ1) is 27.6. The number of H-pyrrole nitrogens is 3. The van der Waals surface area contributed by atoms with Crippen LogP contribution in [0.25, 0.3) is 22.1 Å². The van der Waals surface area contributed by atoms with Gasteiger partial charge in [-0.05, 0) is 48.1 Å². The van der Waals surface area contributed by atoms with Crippen molar-refractivity contribution in [2.45, 2.75) is 12.6 Å². The highest BCUT2D eigenvalue weighted by Crippen LogP contribution is 2.34. The van der Waals surface area contributed by atoms with Crippen molar-refractivity contribution in [3.8, 4) is 0 Å². The smallest absolute Gasteiger partial charge is 0.316 e. The Kier molecular flexibility index (Phi) is 11.8. The number of hydrogen-bond acceptors (Lipinski definition) is 11. The molecule has 2 fully saturated rings. The number of thioether (sulfide) groups is 1. The molecule has 2 amide bonds. The van der Waals surface area contributed by atoms with E-state index in [1.54, 1.807) is 82.6 Å². The predicted molar refractivity (Wildman–Crippen MR) is 220 cm³/mol. The first-order valence-corrected chi connectivity index (χ1v) is 19.4. The second-order valence-electron chi connectivity index (χ2n) is 13.1. The molecular weight excluding hydrogens is 804 g/mol. The molecule has 17 heteroatoms. The third kappa shape index (κ3) is 7.64. The summed E-state index contributed by atoms with van der Waals surface area (Å²) in [5.41, 5.74) is 5.53. The van der Waals surface area contributed by atoms with Gasteiger partial charge in [-0.1, -0.05) is 56.0 Å². The highest BCUT2D eigenvalue weighted by Gasteiger charge is 2.33. The average molecular weight is 839 g/mol. The molecule has 4 aliphatic rings. The lowest BCUT2D eigenvalue weighted by atomic mass is 9.83. The fourth-order valence-corrected chi connectivity index (χ4v) is 8.16. The molecule has 0 spiro atoms. The predicted octanol–water partition coefficient (Wildman–Crippen LogP) is 7.20. The summed E-state index contributed by atoms with van der Waals surface area (Å²) in [5, 5.41) is -0.0960. The minimum Gasteiger partial charge on any atom is -0.378 e. The van der Waals surface area contributed by atoms with Gasteiger partial charge in [0.1, 0.15) is 5.52 Å². The molecule has 296 valence electrons. The summed E-state index contributed by atoms with van der Waals surface area (Å²) in [7, 11) is 0. The van der Waals surface area contributed by atoms with Crippen LogP contribution in [-0.4, -0.2) is 116 Å². The van der Waals surface area contributed by atoms with E-state index < -0.39 is 0 Å². The van der Waals surface area contributed by atoms with Crippen LogP contribution in [0.4, 0.5) is 9.59 Å². The van der Waals surface area contributed by atoms with Gasteiger partial charge in [0.15, 0.2) is 33.1 Å². The molecule has 4 heterocycles. The third-order valence-electron chi connectivity index (χ3n) is 9.81.